The van der Waals surface area contributed by atoms with Crippen LogP contribution in [0.2, 0.25) is 0 Å². The van der Waals surface area contributed by atoms with E-state index < -0.39 is 18.2 Å². The van der Waals surface area contributed by atoms with Crippen LogP contribution in [0.1, 0.15) is 33.1 Å². The van der Waals surface area contributed by atoms with Crippen molar-refractivity contribution in [1.29, 1.82) is 0 Å². The average molecular weight is 285 g/mol. The minimum Gasteiger partial charge on any atom is -0.479 e. The first-order valence-electron chi connectivity index (χ1n) is 7.23. The molecule has 2 aliphatic rings. The summed E-state index contributed by atoms with van der Waals surface area (Å²) in [6, 6.07) is -0.0834. The molecule has 20 heavy (non-hydrogen) atoms. The Balaban J connectivity index is 1.73. The summed E-state index contributed by atoms with van der Waals surface area (Å²) in [5.74, 6) is -0.317. The van der Waals surface area contributed by atoms with Crippen molar-refractivity contribution in [1.82, 2.24) is 5.32 Å². The second-order valence-electron chi connectivity index (χ2n) is 6.13. The maximum Gasteiger partial charge on any atom is 0.336 e. The van der Waals surface area contributed by atoms with Gasteiger partial charge in [-0.2, -0.15) is 0 Å². The lowest BCUT2D eigenvalue weighted by Gasteiger charge is -2.20. The van der Waals surface area contributed by atoms with Crippen molar-refractivity contribution in [3.05, 3.63) is 0 Å². The smallest absolute Gasteiger partial charge is 0.336 e. The highest BCUT2D eigenvalue weighted by Gasteiger charge is 2.51. The molecule has 3 atom stereocenters. The topological polar surface area (TPSA) is 88.2 Å². The van der Waals surface area contributed by atoms with Gasteiger partial charge in [-0.05, 0) is 31.1 Å². The van der Waals surface area contributed by atoms with Crippen molar-refractivity contribution >= 4 is 11.9 Å². The van der Waals surface area contributed by atoms with Crippen LogP contribution in [0.3, 0.4) is 0 Å². The number of carboxylic acids is 1. The molecule has 2 rings (SSSR count). The second-order valence-corrected chi connectivity index (χ2v) is 6.13. The number of aliphatic carboxylic acids is 1. The number of carbonyl (C=O) groups excluding carboxylic acids is 1. The van der Waals surface area contributed by atoms with E-state index in [1.807, 2.05) is 0 Å². The lowest BCUT2D eigenvalue weighted by atomic mass is 10.0. The Morgan fingerprint density at radius 3 is 2.55 bits per heavy atom. The van der Waals surface area contributed by atoms with E-state index in [0.29, 0.717) is 18.4 Å². The fraction of sp³-hybridized carbons (Fsp3) is 0.857. The van der Waals surface area contributed by atoms with Crippen molar-refractivity contribution in [2.45, 2.75) is 51.4 Å². The number of epoxide rings is 1. The molecule has 0 aromatic carbocycles. The summed E-state index contributed by atoms with van der Waals surface area (Å²) in [5, 5.41) is 11.6. The van der Waals surface area contributed by atoms with Gasteiger partial charge in [0.25, 0.3) is 5.91 Å². The average Bonchev–Trinajstić information content (AvgIpc) is 3.22. The summed E-state index contributed by atoms with van der Waals surface area (Å²) in [6.07, 6.45) is 1.45. The molecule has 6 nitrogen and oxygen atoms in total. The Bertz CT molecular complexity index is 367. The minimum atomic E-state index is -1.09. The van der Waals surface area contributed by atoms with E-state index in [9.17, 15) is 9.59 Å². The third-order valence-corrected chi connectivity index (χ3v) is 3.47. The lowest BCUT2D eigenvalue weighted by molar-refractivity contribution is -0.138. The molecule has 6 heteroatoms. The summed E-state index contributed by atoms with van der Waals surface area (Å²) in [5.41, 5.74) is 0. The molecule has 114 valence electrons. The highest BCUT2D eigenvalue weighted by Crippen LogP contribution is 2.29. The van der Waals surface area contributed by atoms with Gasteiger partial charge in [-0.15, -0.1) is 0 Å². The van der Waals surface area contributed by atoms with Gasteiger partial charge in [0.05, 0.1) is 12.6 Å². The number of nitrogens with one attached hydrogen (secondary N) is 1. The summed E-state index contributed by atoms with van der Waals surface area (Å²) in [6.45, 7) is 5.38. The van der Waals surface area contributed by atoms with Crippen LogP contribution >= 0.6 is 0 Å². The molecule has 1 heterocycles. The molecule has 0 aromatic heterocycles. The molecule has 1 saturated heterocycles. The summed E-state index contributed by atoms with van der Waals surface area (Å²) in [4.78, 5) is 22.5. The van der Waals surface area contributed by atoms with Crippen LogP contribution in [0.15, 0.2) is 0 Å². The fourth-order valence-corrected chi connectivity index (χ4v) is 2.18. The molecule has 1 aliphatic heterocycles. The predicted molar refractivity (Wildman–Crippen MR) is 71.2 cm³/mol. The minimum absolute atomic E-state index is 0.0834. The van der Waals surface area contributed by atoms with Crippen LogP contribution in [0.25, 0.3) is 0 Å². The lowest BCUT2D eigenvalue weighted by Crippen LogP contribution is -2.42. The normalized spacial score (nSPS) is 26.4. The number of amides is 1. The maximum absolute atomic E-state index is 11.9. The molecule has 2 N–H and O–H groups in total. The van der Waals surface area contributed by atoms with Crippen molar-refractivity contribution in [2.75, 3.05) is 13.2 Å². The number of hydrogen-bond donors (Lipinski definition) is 2. The van der Waals surface area contributed by atoms with Gasteiger partial charge in [-0.25, -0.2) is 4.79 Å². The van der Waals surface area contributed by atoms with Crippen LogP contribution < -0.4 is 5.32 Å². The number of rotatable bonds is 9. The molecule has 0 radical (unpaired) electrons. The SMILES string of the molecule is CC(C)CC(COCC1CC1)NC(=O)[C@H]1O[C@@H]1C(=O)O. The zero-order valence-electron chi connectivity index (χ0n) is 12.0. The molecular formula is C14H23NO5. The van der Waals surface area contributed by atoms with Crippen molar-refractivity contribution in [2.24, 2.45) is 11.8 Å². The second kappa shape index (κ2) is 6.54. The van der Waals surface area contributed by atoms with Gasteiger partial charge in [-0.1, -0.05) is 13.8 Å². The molecule has 1 saturated carbocycles. The van der Waals surface area contributed by atoms with Gasteiger partial charge >= 0.3 is 5.97 Å². The van der Waals surface area contributed by atoms with Crippen LogP contribution in [0.4, 0.5) is 0 Å². The van der Waals surface area contributed by atoms with Gasteiger partial charge in [0.15, 0.2) is 12.2 Å². The third kappa shape index (κ3) is 4.76. The Morgan fingerprint density at radius 2 is 2.05 bits per heavy atom. The third-order valence-electron chi connectivity index (χ3n) is 3.47. The van der Waals surface area contributed by atoms with Crippen molar-refractivity contribution in [3.8, 4) is 0 Å². The van der Waals surface area contributed by atoms with Crippen molar-refractivity contribution in [3.63, 3.8) is 0 Å². The molecule has 0 spiro atoms. The first-order valence-corrected chi connectivity index (χ1v) is 7.23. The fourth-order valence-electron chi connectivity index (χ4n) is 2.18. The summed E-state index contributed by atoms with van der Waals surface area (Å²) >= 11 is 0. The number of ether oxygens (including phenoxy) is 2. The molecule has 1 aliphatic carbocycles. The van der Waals surface area contributed by atoms with Crippen LogP contribution in [-0.4, -0.2) is 48.4 Å². The van der Waals surface area contributed by atoms with Gasteiger partial charge in [-0.3, -0.25) is 4.79 Å². The molecule has 1 amide bonds. The molecular weight excluding hydrogens is 262 g/mol. The predicted octanol–water partition coefficient (Wildman–Crippen LogP) is 0.796. The highest BCUT2D eigenvalue weighted by atomic mass is 16.6. The van der Waals surface area contributed by atoms with Gasteiger partial charge in [0.2, 0.25) is 0 Å². The number of hydrogen-bond acceptors (Lipinski definition) is 4. The molecule has 0 bridgehead atoms. The number of carbonyl (C=O) groups is 2. The monoisotopic (exact) mass is 285 g/mol. The summed E-state index contributed by atoms with van der Waals surface area (Å²) < 4.78 is 10.5. The largest absolute Gasteiger partial charge is 0.479 e. The van der Waals surface area contributed by atoms with Crippen LogP contribution in [0.5, 0.6) is 0 Å². The Hall–Kier alpha value is -1.14. The van der Waals surface area contributed by atoms with E-state index in [-0.39, 0.29) is 11.9 Å². The molecule has 1 unspecified atom stereocenters. The maximum atomic E-state index is 11.9. The van der Waals surface area contributed by atoms with E-state index >= 15 is 0 Å². The quantitative estimate of drug-likeness (QED) is 0.612. The molecule has 0 aromatic rings. The van der Waals surface area contributed by atoms with E-state index in [1.165, 1.54) is 12.8 Å². The Kier molecular flexibility index (Phi) is 4.99. The zero-order chi connectivity index (χ0) is 14.7. The van der Waals surface area contributed by atoms with E-state index in [1.54, 1.807) is 0 Å². The Labute approximate surface area is 118 Å². The molecule has 2 fully saturated rings. The van der Waals surface area contributed by atoms with E-state index in [4.69, 9.17) is 14.6 Å². The Morgan fingerprint density at radius 1 is 1.35 bits per heavy atom. The highest BCUT2D eigenvalue weighted by molar-refractivity contribution is 5.92. The standard InChI is InChI=1S/C14H23NO5/c1-8(2)5-10(7-19-6-9-3-4-9)15-13(16)11-12(20-11)14(17)18/h8-12H,3-7H2,1-2H3,(H,15,16)(H,17,18)/t10?,11-,12-/m0/s1. The van der Waals surface area contributed by atoms with E-state index in [2.05, 4.69) is 19.2 Å². The van der Waals surface area contributed by atoms with E-state index in [0.717, 1.165) is 13.0 Å². The van der Waals surface area contributed by atoms with Gasteiger partial charge in [0, 0.05) is 6.61 Å². The first-order chi connectivity index (χ1) is 9.47. The first kappa shape index (κ1) is 15.3. The van der Waals surface area contributed by atoms with Gasteiger partial charge < -0.3 is 19.9 Å². The van der Waals surface area contributed by atoms with Crippen LogP contribution in [0, 0.1) is 11.8 Å². The van der Waals surface area contributed by atoms with Crippen LogP contribution in [-0.2, 0) is 19.1 Å². The summed E-state index contributed by atoms with van der Waals surface area (Å²) in [7, 11) is 0. The van der Waals surface area contributed by atoms with Gasteiger partial charge in [0.1, 0.15) is 0 Å². The number of carboxylic acid groups (broad SMARTS) is 1. The van der Waals surface area contributed by atoms with Crippen molar-refractivity contribution < 1.29 is 24.2 Å². The zero-order valence-corrected chi connectivity index (χ0v) is 12.0.